The van der Waals surface area contributed by atoms with Crippen molar-refractivity contribution in [2.24, 2.45) is 0 Å². The Morgan fingerprint density at radius 3 is 2.88 bits per heavy atom. The van der Waals surface area contributed by atoms with Gasteiger partial charge in [-0.3, -0.25) is 4.79 Å². The number of fused-ring (bicyclic) bond motifs is 1. The van der Waals surface area contributed by atoms with E-state index in [1.165, 1.54) is 5.54 Å². The van der Waals surface area contributed by atoms with Crippen LogP contribution in [0.5, 0.6) is 0 Å². The van der Waals surface area contributed by atoms with Crippen LogP contribution >= 0.6 is 23.2 Å². The number of carbonyl (C=O) groups is 1. The number of halogens is 2. The fourth-order valence-electron chi connectivity index (χ4n) is 1.82. The zero-order valence-corrected chi connectivity index (χ0v) is 10.8. The lowest BCUT2D eigenvalue weighted by Crippen LogP contribution is -1.96. The van der Waals surface area contributed by atoms with Crippen LogP contribution in [0.3, 0.4) is 0 Å². The van der Waals surface area contributed by atoms with Gasteiger partial charge in [0.1, 0.15) is 0 Å². The van der Waals surface area contributed by atoms with Crippen molar-refractivity contribution in [1.29, 1.82) is 0 Å². The molecule has 0 amide bonds. The van der Waals surface area contributed by atoms with E-state index >= 15 is 0 Å². The van der Waals surface area contributed by atoms with Crippen LogP contribution in [0.1, 0.15) is 17.3 Å². The van der Waals surface area contributed by atoms with Gasteiger partial charge in [-0.15, -0.1) is 0 Å². The van der Waals surface area contributed by atoms with Crippen LogP contribution < -0.4 is 0 Å². The molecule has 0 unspecified atom stereocenters. The van der Waals surface area contributed by atoms with Gasteiger partial charge in [0.15, 0.2) is 6.29 Å². The second kappa shape index (κ2) is 4.94. The van der Waals surface area contributed by atoms with Crippen molar-refractivity contribution >= 4 is 40.4 Å². The van der Waals surface area contributed by atoms with Crippen molar-refractivity contribution in [3.8, 4) is 0 Å². The summed E-state index contributed by atoms with van der Waals surface area (Å²) in [6, 6.07) is 5.49. The van der Waals surface area contributed by atoms with Crippen LogP contribution in [-0.2, 0) is 6.54 Å². The third-order valence-electron chi connectivity index (χ3n) is 2.61. The highest BCUT2D eigenvalue weighted by atomic mass is 35.5. The summed E-state index contributed by atoms with van der Waals surface area (Å²) in [5.41, 5.74) is 4.16. The fourth-order valence-corrected chi connectivity index (χ4v) is 2.06. The van der Waals surface area contributed by atoms with E-state index in [1.54, 1.807) is 6.07 Å². The van der Waals surface area contributed by atoms with Crippen molar-refractivity contribution < 1.29 is 4.79 Å². The number of hydrogen-bond donors (Lipinski definition) is 0. The molecule has 0 aliphatic heterocycles. The number of hydrogen-bond acceptors (Lipinski definition) is 1. The van der Waals surface area contributed by atoms with Gasteiger partial charge in [0.2, 0.25) is 0 Å². The van der Waals surface area contributed by atoms with E-state index in [2.05, 4.69) is 0 Å². The molecule has 0 saturated heterocycles. The molecule has 0 saturated carbocycles. The van der Waals surface area contributed by atoms with E-state index < -0.39 is 0 Å². The number of nitrogens with zero attached hydrogens (tertiary/aromatic N) is 1. The van der Waals surface area contributed by atoms with E-state index in [9.17, 15) is 4.79 Å². The van der Waals surface area contributed by atoms with E-state index in [1.807, 2.05) is 29.8 Å². The fraction of sp³-hybridized carbons (Fsp3) is 0.154. The quantitative estimate of drug-likeness (QED) is 0.763. The van der Waals surface area contributed by atoms with Crippen LogP contribution in [-0.4, -0.2) is 10.9 Å². The first kappa shape index (κ1) is 12.2. The maximum Gasteiger partial charge on any atom is 0.152 e. The summed E-state index contributed by atoms with van der Waals surface area (Å²) in [6.07, 6.45) is 2.67. The molecule has 0 aliphatic carbocycles. The van der Waals surface area contributed by atoms with E-state index in [4.69, 9.17) is 23.2 Å². The first-order valence-electron chi connectivity index (χ1n) is 5.15. The number of carbonyl (C=O) groups excluding carboxylic acids is 1. The molecule has 0 spiro atoms. The highest BCUT2D eigenvalue weighted by Crippen LogP contribution is 2.24. The molecule has 4 heteroatoms. The zero-order valence-electron chi connectivity index (χ0n) is 9.28. The van der Waals surface area contributed by atoms with Crippen LogP contribution in [0.2, 0.25) is 5.02 Å². The molecular weight excluding hydrogens is 257 g/mol. The third-order valence-corrected chi connectivity index (χ3v) is 3.22. The van der Waals surface area contributed by atoms with Crippen LogP contribution in [0.15, 0.2) is 35.5 Å². The average Bonchev–Trinajstić information content (AvgIpc) is 2.66. The van der Waals surface area contributed by atoms with Crippen molar-refractivity contribution in [3.05, 3.63) is 46.1 Å². The van der Waals surface area contributed by atoms with Gasteiger partial charge in [-0.2, -0.15) is 0 Å². The molecule has 2 rings (SSSR count). The standard InChI is InChI=1S/C13H11Cl2NO/c1-9(5-14)6-16-7-10(8-17)12-3-2-11(15)4-13(12)16/h2-5,7-8H,6H2,1H3/b9-5-. The Morgan fingerprint density at radius 1 is 1.47 bits per heavy atom. The summed E-state index contributed by atoms with van der Waals surface area (Å²) in [5, 5.41) is 1.56. The Labute approximate surface area is 109 Å². The van der Waals surface area contributed by atoms with Gasteiger partial charge < -0.3 is 4.57 Å². The number of benzene rings is 1. The maximum atomic E-state index is 11.0. The number of rotatable bonds is 3. The van der Waals surface area contributed by atoms with Gasteiger partial charge in [0.25, 0.3) is 0 Å². The smallest absolute Gasteiger partial charge is 0.152 e. The molecule has 0 aliphatic rings. The molecule has 0 bridgehead atoms. The molecule has 1 aromatic carbocycles. The molecule has 1 heterocycles. The van der Waals surface area contributed by atoms with Crippen molar-refractivity contribution in [3.63, 3.8) is 0 Å². The monoisotopic (exact) mass is 267 g/mol. The molecule has 2 nitrogen and oxygen atoms in total. The normalized spacial score (nSPS) is 12.1. The third kappa shape index (κ3) is 2.38. The van der Waals surface area contributed by atoms with E-state index in [0.29, 0.717) is 17.1 Å². The molecule has 0 N–H and O–H groups in total. The summed E-state index contributed by atoms with van der Waals surface area (Å²) in [4.78, 5) is 11.0. The van der Waals surface area contributed by atoms with Gasteiger partial charge in [0, 0.05) is 34.2 Å². The molecule has 88 valence electrons. The predicted octanol–water partition coefficient (Wildman–Crippen LogP) is 4.25. The average molecular weight is 268 g/mol. The van der Waals surface area contributed by atoms with Crippen molar-refractivity contribution in [2.75, 3.05) is 0 Å². The minimum Gasteiger partial charge on any atom is -0.343 e. The Kier molecular flexibility index (Phi) is 3.55. The lowest BCUT2D eigenvalue weighted by atomic mass is 10.2. The van der Waals surface area contributed by atoms with Gasteiger partial charge in [-0.05, 0) is 24.6 Å². The van der Waals surface area contributed by atoms with E-state index in [0.717, 1.165) is 22.8 Å². The first-order chi connectivity index (χ1) is 8.15. The Hall–Kier alpha value is -1.25. The number of aromatic nitrogens is 1. The maximum absolute atomic E-state index is 11.0. The SMILES string of the molecule is C/C(=C/Cl)Cn1cc(C=O)c2ccc(Cl)cc21. The van der Waals surface area contributed by atoms with Crippen molar-refractivity contribution in [1.82, 2.24) is 4.57 Å². The molecular formula is C13H11Cl2NO. The highest BCUT2D eigenvalue weighted by molar-refractivity contribution is 6.31. The second-order valence-electron chi connectivity index (χ2n) is 3.95. The summed E-state index contributed by atoms with van der Waals surface area (Å²) < 4.78 is 1.97. The Morgan fingerprint density at radius 2 is 2.24 bits per heavy atom. The molecule has 2 aromatic rings. The summed E-state index contributed by atoms with van der Waals surface area (Å²) in [7, 11) is 0. The number of aldehydes is 1. The van der Waals surface area contributed by atoms with Crippen LogP contribution in [0.25, 0.3) is 10.9 Å². The molecule has 0 radical (unpaired) electrons. The Balaban J connectivity index is 2.62. The topological polar surface area (TPSA) is 22.0 Å². The van der Waals surface area contributed by atoms with E-state index in [-0.39, 0.29) is 0 Å². The number of allylic oxidation sites excluding steroid dienone is 1. The molecule has 0 atom stereocenters. The zero-order chi connectivity index (χ0) is 12.4. The summed E-state index contributed by atoms with van der Waals surface area (Å²) in [6.45, 7) is 2.58. The van der Waals surface area contributed by atoms with Gasteiger partial charge in [-0.1, -0.05) is 29.3 Å². The molecule has 17 heavy (non-hydrogen) atoms. The highest BCUT2D eigenvalue weighted by Gasteiger charge is 2.08. The first-order valence-corrected chi connectivity index (χ1v) is 5.96. The minimum absolute atomic E-state index is 0.647. The predicted molar refractivity (Wildman–Crippen MR) is 71.9 cm³/mol. The lowest BCUT2D eigenvalue weighted by molar-refractivity contribution is 0.112. The van der Waals surface area contributed by atoms with Gasteiger partial charge >= 0.3 is 0 Å². The lowest BCUT2D eigenvalue weighted by Gasteiger charge is -2.04. The summed E-state index contributed by atoms with van der Waals surface area (Å²) >= 11 is 11.6. The van der Waals surface area contributed by atoms with Crippen LogP contribution in [0.4, 0.5) is 0 Å². The second-order valence-corrected chi connectivity index (χ2v) is 4.60. The van der Waals surface area contributed by atoms with Gasteiger partial charge in [0.05, 0.1) is 5.52 Å². The molecule has 1 aromatic heterocycles. The Bertz CT molecular complexity index is 599. The minimum atomic E-state index is 0.647. The van der Waals surface area contributed by atoms with Gasteiger partial charge in [-0.25, -0.2) is 0 Å². The molecule has 0 fully saturated rings. The summed E-state index contributed by atoms with van der Waals surface area (Å²) in [5.74, 6) is 0. The van der Waals surface area contributed by atoms with Crippen LogP contribution in [0, 0.1) is 0 Å². The van der Waals surface area contributed by atoms with Crippen molar-refractivity contribution in [2.45, 2.75) is 13.5 Å². The largest absolute Gasteiger partial charge is 0.343 e.